The van der Waals surface area contributed by atoms with Crippen LogP contribution >= 0.6 is 0 Å². The van der Waals surface area contributed by atoms with E-state index in [-0.39, 0.29) is 0 Å². The monoisotopic (exact) mass is 264 g/mol. The summed E-state index contributed by atoms with van der Waals surface area (Å²) >= 11 is 0. The fourth-order valence-electron chi connectivity index (χ4n) is 3.05. The molecule has 4 heteroatoms. The maximum Gasteiger partial charge on any atom is 0.0950 e. The molecule has 1 aromatic heterocycles. The predicted molar refractivity (Wildman–Crippen MR) is 78.8 cm³/mol. The topological polar surface area (TPSA) is 47.1 Å². The van der Waals surface area contributed by atoms with Gasteiger partial charge in [-0.25, -0.2) is 4.98 Å². The summed E-state index contributed by atoms with van der Waals surface area (Å²) in [4.78, 5) is 7.15. The number of rotatable bonds is 7. The van der Waals surface area contributed by atoms with E-state index in [1.165, 1.54) is 37.9 Å². The largest absolute Gasteiger partial charge is 0.336 e. The van der Waals surface area contributed by atoms with Gasteiger partial charge < -0.3 is 10.3 Å². The van der Waals surface area contributed by atoms with E-state index in [0.717, 1.165) is 19.1 Å². The Morgan fingerprint density at radius 2 is 2.16 bits per heavy atom. The standard InChI is InChI=1S/C15H28N4/c1-13(2)9-19(15-5-3-4-6-15)11-14-10-18(8-7-16)12-17-14/h10,12-13,15H,3-9,11,16H2,1-2H3. The molecule has 1 aliphatic rings. The van der Waals surface area contributed by atoms with Crippen LogP contribution < -0.4 is 5.73 Å². The highest BCUT2D eigenvalue weighted by molar-refractivity contribution is 4.98. The summed E-state index contributed by atoms with van der Waals surface area (Å²) in [5.74, 6) is 0.715. The first-order valence-corrected chi connectivity index (χ1v) is 7.64. The second kappa shape index (κ2) is 7.06. The second-order valence-corrected chi connectivity index (χ2v) is 6.15. The van der Waals surface area contributed by atoms with E-state index in [0.29, 0.717) is 12.5 Å². The number of nitrogens with zero attached hydrogens (tertiary/aromatic N) is 3. The van der Waals surface area contributed by atoms with Crippen LogP contribution in [-0.2, 0) is 13.1 Å². The highest BCUT2D eigenvalue weighted by Crippen LogP contribution is 2.25. The summed E-state index contributed by atoms with van der Waals surface area (Å²) in [5, 5.41) is 0. The van der Waals surface area contributed by atoms with Crippen LogP contribution in [0.5, 0.6) is 0 Å². The molecule has 0 bridgehead atoms. The summed E-state index contributed by atoms with van der Waals surface area (Å²) in [5.41, 5.74) is 6.76. The highest BCUT2D eigenvalue weighted by Gasteiger charge is 2.23. The Morgan fingerprint density at radius 1 is 1.42 bits per heavy atom. The minimum absolute atomic E-state index is 0.675. The first-order chi connectivity index (χ1) is 9.19. The first-order valence-electron chi connectivity index (χ1n) is 7.64. The van der Waals surface area contributed by atoms with Gasteiger partial charge in [-0.05, 0) is 18.8 Å². The normalized spacial score (nSPS) is 16.9. The van der Waals surface area contributed by atoms with Gasteiger partial charge >= 0.3 is 0 Å². The minimum Gasteiger partial charge on any atom is -0.336 e. The van der Waals surface area contributed by atoms with Gasteiger partial charge in [-0.15, -0.1) is 0 Å². The van der Waals surface area contributed by atoms with Crippen molar-refractivity contribution < 1.29 is 0 Å². The van der Waals surface area contributed by atoms with E-state index in [9.17, 15) is 0 Å². The van der Waals surface area contributed by atoms with Crippen molar-refractivity contribution in [3.05, 3.63) is 18.2 Å². The molecule has 1 aromatic rings. The zero-order valence-corrected chi connectivity index (χ0v) is 12.4. The van der Waals surface area contributed by atoms with Crippen LogP contribution in [0.25, 0.3) is 0 Å². The molecular weight excluding hydrogens is 236 g/mol. The van der Waals surface area contributed by atoms with Crippen molar-refractivity contribution in [2.24, 2.45) is 11.7 Å². The van der Waals surface area contributed by atoms with Gasteiger partial charge in [0.1, 0.15) is 0 Å². The number of nitrogens with two attached hydrogens (primary N) is 1. The third-order valence-electron chi connectivity index (χ3n) is 3.88. The molecule has 2 rings (SSSR count). The molecule has 1 saturated carbocycles. The van der Waals surface area contributed by atoms with Crippen LogP contribution in [0.1, 0.15) is 45.2 Å². The van der Waals surface area contributed by atoms with Crippen LogP contribution in [0, 0.1) is 5.92 Å². The van der Waals surface area contributed by atoms with E-state index in [2.05, 4.69) is 34.5 Å². The Balaban J connectivity index is 1.97. The molecule has 108 valence electrons. The highest BCUT2D eigenvalue weighted by atomic mass is 15.2. The maximum absolute atomic E-state index is 5.58. The van der Waals surface area contributed by atoms with Gasteiger partial charge in [-0.1, -0.05) is 26.7 Å². The molecule has 0 amide bonds. The molecular formula is C15H28N4. The lowest BCUT2D eigenvalue weighted by molar-refractivity contribution is 0.167. The van der Waals surface area contributed by atoms with Crippen LogP contribution in [0.4, 0.5) is 0 Å². The summed E-state index contributed by atoms with van der Waals surface area (Å²) in [6, 6.07) is 0.766. The van der Waals surface area contributed by atoms with Crippen molar-refractivity contribution in [1.82, 2.24) is 14.5 Å². The van der Waals surface area contributed by atoms with Crippen molar-refractivity contribution >= 4 is 0 Å². The molecule has 0 atom stereocenters. The van der Waals surface area contributed by atoms with Crippen LogP contribution in [0.3, 0.4) is 0 Å². The molecule has 2 N–H and O–H groups in total. The third kappa shape index (κ3) is 4.32. The average Bonchev–Trinajstić information content (AvgIpc) is 2.99. The van der Waals surface area contributed by atoms with Gasteiger partial charge in [0.05, 0.1) is 12.0 Å². The SMILES string of the molecule is CC(C)CN(Cc1cn(CCN)cn1)C1CCCC1. The zero-order valence-electron chi connectivity index (χ0n) is 12.4. The van der Waals surface area contributed by atoms with Crippen LogP contribution in [0.15, 0.2) is 12.5 Å². The van der Waals surface area contributed by atoms with E-state index in [1.807, 2.05) is 6.33 Å². The molecule has 0 saturated heterocycles. The van der Waals surface area contributed by atoms with E-state index in [4.69, 9.17) is 5.73 Å². The molecule has 0 aromatic carbocycles. The van der Waals surface area contributed by atoms with Crippen molar-refractivity contribution in [3.63, 3.8) is 0 Å². The van der Waals surface area contributed by atoms with E-state index < -0.39 is 0 Å². The van der Waals surface area contributed by atoms with Crippen LogP contribution in [-0.4, -0.2) is 33.6 Å². The molecule has 0 unspecified atom stereocenters. The molecule has 0 spiro atoms. The van der Waals surface area contributed by atoms with Crippen molar-refractivity contribution in [3.8, 4) is 0 Å². The molecule has 0 aliphatic heterocycles. The third-order valence-corrected chi connectivity index (χ3v) is 3.88. The van der Waals surface area contributed by atoms with Gasteiger partial charge in [0.25, 0.3) is 0 Å². The molecule has 4 nitrogen and oxygen atoms in total. The predicted octanol–water partition coefficient (Wildman–Crippen LogP) is 2.24. The Labute approximate surface area is 117 Å². The first kappa shape index (κ1) is 14.5. The number of imidazole rings is 1. The van der Waals surface area contributed by atoms with Crippen molar-refractivity contribution in [2.45, 2.75) is 58.7 Å². The van der Waals surface area contributed by atoms with Gasteiger partial charge in [-0.2, -0.15) is 0 Å². The summed E-state index contributed by atoms with van der Waals surface area (Å²) in [6.07, 6.45) is 9.55. The lowest BCUT2D eigenvalue weighted by Gasteiger charge is -2.29. The van der Waals surface area contributed by atoms with Crippen LogP contribution in [0.2, 0.25) is 0 Å². The second-order valence-electron chi connectivity index (χ2n) is 6.15. The minimum atomic E-state index is 0.675. The maximum atomic E-state index is 5.58. The van der Waals surface area contributed by atoms with Gasteiger partial charge in [-0.3, -0.25) is 4.90 Å². The smallest absolute Gasteiger partial charge is 0.0950 e. The lowest BCUT2D eigenvalue weighted by atomic mass is 10.1. The Bertz CT molecular complexity index is 366. The fourth-order valence-corrected chi connectivity index (χ4v) is 3.05. The molecule has 1 fully saturated rings. The molecule has 1 heterocycles. The summed E-state index contributed by atoms with van der Waals surface area (Å²) in [6.45, 7) is 8.30. The quantitative estimate of drug-likeness (QED) is 0.821. The molecule has 19 heavy (non-hydrogen) atoms. The van der Waals surface area contributed by atoms with E-state index in [1.54, 1.807) is 0 Å². The number of aromatic nitrogens is 2. The number of hydrogen-bond acceptors (Lipinski definition) is 3. The fraction of sp³-hybridized carbons (Fsp3) is 0.800. The molecule has 1 aliphatic carbocycles. The Morgan fingerprint density at radius 3 is 2.79 bits per heavy atom. The average molecular weight is 264 g/mol. The van der Waals surface area contributed by atoms with Crippen molar-refractivity contribution in [2.75, 3.05) is 13.1 Å². The summed E-state index contributed by atoms with van der Waals surface area (Å²) in [7, 11) is 0. The van der Waals surface area contributed by atoms with Gasteiger partial charge in [0.2, 0.25) is 0 Å². The Kier molecular flexibility index (Phi) is 5.40. The van der Waals surface area contributed by atoms with E-state index >= 15 is 0 Å². The summed E-state index contributed by atoms with van der Waals surface area (Å²) < 4.78 is 2.09. The van der Waals surface area contributed by atoms with Crippen molar-refractivity contribution in [1.29, 1.82) is 0 Å². The zero-order chi connectivity index (χ0) is 13.7. The Hall–Kier alpha value is -0.870. The lowest BCUT2D eigenvalue weighted by Crippen LogP contribution is -2.35. The van der Waals surface area contributed by atoms with Gasteiger partial charge in [0.15, 0.2) is 0 Å². The number of hydrogen-bond donors (Lipinski definition) is 1. The molecule has 0 radical (unpaired) electrons. The van der Waals surface area contributed by atoms with Gasteiger partial charge in [0, 0.05) is 38.4 Å².